The van der Waals surface area contributed by atoms with Gasteiger partial charge < -0.3 is 4.74 Å². The van der Waals surface area contributed by atoms with Crippen molar-refractivity contribution >= 4 is 15.9 Å². The molecule has 0 fully saturated rings. The van der Waals surface area contributed by atoms with E-state index in [0.29, 0.717) is 6.61 Å². The van der Waals surface area contributed by atoms with Gasteiger partial charge in [0.25, 0.3) is 0 Å². The molecule has 0 aliphatic heterocycles. The number of benzene rings is 2. The molecule has 0 saturated carbocycles. The maximum Gasteiger partial charge on any atom is 0.123 e. The van der Waals surface area contributed by atoms with E-state index in [4.69, 9.17) is 4.74 Å². The minimum atomic E-state index is -0.190. The van der Waals surface area contributed by atoms with Crippen molar-refractivity contribution in [3.63, 3.8) is 0 Å². The quantitative estimate of drug-likeness (QED) is 0.734. The van der Waals surface area contributed by atoms with Crippen LogP contribution in [0.4, 0.5) is 4.39 Å². The van der Waals surface area contributed by atoms with Crippen LogP contribution in [0.2, 0.25) is 0 Å². The summed E-state index contributed by atoms with van der Waals surface area (Å²) >= 11 is 3.38. The van der Waals surface area contributed by atoms with Crippen LogP contribution in [0.1, 0.15) is 12.0 Å². The lowest BCUT2D eigenvalue weighted by atomic mass is 10.1. The number of halogens is 2. The van der Waals surface area contributed by atoms with Gasteiger partial charge in [0.05, 0.1) is 6.61 Å². The molecule has 0 radical (unpaired) electrons. The van der Waals surface area contributed by atoms with E-state index < -0.39 is 0 Å². The highest BCUT2D eigenvalue weighted by atomic mass is 79.9. The van der Waals surface area contributed by atoms with Crippen molar-refractivity contribution in [3.05, 3.63) is 64.4 Å². The Labute approximate surface area is 115 Å². The Morgan fingerprint density at radius 2 is 1.61 bits per heavy atom. The first-order valence-corrected chi connectivity index (χ1v) is 6.66. The van der Waals surface area contributed by atoms with Crippen molar-refractivity contribution in [2.45, 2.75) is 12.8 Å². The molecule has 94 valence electrons. The summed E-state index contributed by atoms with van der Waals surface area (Å²) in [4.78, 5) is 0. The third kappa shape index (κ3) is 4.15. The second-order valence-electron chi connectivity index (χ2n) is 4.03. The predicted octanol–water partition coefficient (Wildman–Crippen LogP) is 4.60. The molecular formula is C15H14BrFO. The number of hydrogen-bond donors (Lipinski definition) is 0. The van der Waals surface area contributed by atoms with E-state index in [1.165, 1.54) is 12.1 Å². The van der Waals surface area contributed by atoms with Crippen LogP contribution < -0.4 is 4.74 Å². The molecule has 0 heterocycles. The molecule has 2 aromatic rings. The van der Waals surface area contributed by atoms with Crippen molar-refractivity contribution in [3.8, 4) is 5.75 Å². The van der Waals surface area contributed by atoms with E-state index in [2.05, 4.69) is 15.9 Å². The van der Waals surface area contributed by atoms with E-state index in [9.17, 15) is 4.39 Å². The van der Waals surface area contributed by atoms with Crippen molar-refractivity contribution in [2.75, 3.05) is 6.61 Å². The molecule has 0 aliphatic rings. The lowest BCUT2D eigenvalue weighted by molar-refractivity contribution is 0.311. The van der Waals surface area contributed by atoms with E-state index in [1.807, 2.05) is 36.4 Å². The van der Waals surface area contributed by atoms with E-state index in [0.717, 1.165) is 28.6 Å². The van der Waals surface area contributed by atoms with Crippen LogP contribution in [-0.2, 0) is 6.42 Å². The van der Waals surface area contributed by atoms with Gasteiger partial charge in [0.15, 0.2) is 0 Å². The van der Waals surface area contributed by atoms with Gasteiger partial charge in [0.1, 0.15) is 11.6 Å². The average Bonchev–Trinajstić information content (AvgIpc) is 2.39. The molecule has 0 aromatic heterocycles. The van der Waals surface area contributed by atoms with Crippen LogP contribution in [0, 0.1) is 5.82 Å². The number of ether oxygens (including phenoxy) is 1. The topological polar surface area (TPSA) is 9.23 Å². The Hall–Kier alpha value is -1.35. The molecule has 2 aromatic carbocycles. The Bertz CT molecular complexity index is 431. The highest BCUT2D eigenvalue weighted by Gasteiger charge is 1.96. The van der Waals surface area contributed by atoms with Gasteiger partial charge in [0.2, 0.25) is 0 Å². The van der Waals surface area contributed by atoms with Gasteiger partial charge >= 0.3 is 0 Å². The lowest BCUT2D eigenvalue weighted by Crippen LogP contribution is -1.99. The molecule has 0 amide bonds. The first kappa shape index (κ1) is 13.1. The maximum atomic E-state index is 12.7. The number of hydrogen-bond acceptors (Lipinski definition) is 1. The fourth-order valence-corrected chi connectivity index (χ4v) is 1.91. The van der Waals surface area contributed by atoms with Crippen LogP contribution in [0.15, 0.2) is 53.0 Å². The normalized spacial score (nSPS) is 10.3. The molecule has 0 unspecified atom stereocenters. The summed E-state index contributed by atoms with van der Waals surface area (Å²) in [6.45, 7) is 0.666. The molecule has 0 atom stereocenters. The smallest absolute Gasteiger partial charge is 0.123 e. The van der Waals surface area contributed by atoms with Crippen LogP contribution in [0.3, 0.4) is 0 Å². The third-order valence-electron chi connectivity index (χ3n) is 2.61. The zero-order valence-corrected chi connectivity index (χ0v) is 11.5. The van der Waals surface area contributed by atoms with Crippen molar-refractivity contribution in [2.24, 2.45) is 0 Å². The first-order chi connectivity index (χ1) is 8.74. The summed E-state index contributed by atoms with van der Waals surface area (Å²) < 4.78 is 19.4. The molecule has 0 bridgehead atoms. The predicted molar refractivity (Wildman–Crippen MR) is 74.4 cm³/mol. The van der Waals surface area contributed by atoms with Crippen LogP contribution in [0.25, 0.3) is 0 Å². The summed E-state index contributed by atoms with van der Waals surface area (Å²) in [5.74, 6) is 0.683. The molecular weight excluding hydrogens is 295 g/mol. The summed E-state index contributed by atoms with van der Waals surface area (Å²) in [6, 6.07) is 14.4. The summed E-state index contributed by atoms with van der Waals surface area (Å²) in [6.07, 6.45) is 1.82. The monoisotopic (exact) mass is 308 g/mol. The van der Waals surface area contributed by atoms with Gasteiger partial charge in [-0.2, -0.15) is 0 Å². The number of rotatable bonds is 5. The van der Waals surface area contributed by atoms with Gasteiger partial charge in [-0.15, -0.1) is 0 Å². The molecule has 0 aliphatic carbocycles. The Morgan fingerprint density at radius 3 is 2.28 bits per heavy atom. The number of aryl methyl sites for hydroxylation is 1. The fraction of sp³-hybridized carbons (Fsp3) is 0.200. The van der Waals surface area contributed by atoms with Gasteiger partial charge in [-0.05, 0) is 54.8 Å². The summed E-state index contributed by atoms with van der Waals surface area (Å²) in [5.41, 5.74) is 1.14. The van der Waals surface area contributed by atoms with Crippen molar-refractivity contribution < 1.29 is 9.13 Å². The van der Waals surface area contributed by atoms with E-state index in [-0.39, 0.29) is 5.82 Å². The Morgan fingerprint density at radius 1 is 0.944 bits per heavy atom. The maximum absolute atomic E-state index is 12.7. The molecule has 18 heavy (non-hydrogen) atoms. The zero-order chi connectivity index (χ0) is 12.8. The van der Waals surface area contributed by atoms with Crippen LogP contribution >= 0.6 is 15.9 Å². The van der Waals surface area contributed by atoms with Gasteiger partial charge in [-0.1, -0.05) is 28.1 Å². The summed E-state index contributed by atoms with van der Waals surface area (Å²) in [5, 5.41) is 0. The minimum absolute atomic E-state index is 0.190. The SMILES string of the molecule is Fc1ccc(CCCOc2ccc(Br)cc2)cc1. The van der Waals surface area contributed by atoms with Gasteiger partial charge in [-0.3, -0.25) is 0 Å². The van der Waals surface area contributed by atoms with Crippen LogP contribution in [-0.4, -0.2) is 6.61 Å². The van der Waals surface area contributed by atoms with Crippen molar-refractivity contribution in [1.29, 1.82) is 0 Å². The van der Waals surface area contributed by atoms with E-state index in [1.54, 1.807) is 0 Å². The molecule has 0 saturated heterocycles. The van der Waals surface area contributed by atoms with Gasteiger partial charge in [-0.25, -0.2) is 4.39 Å². The van der Waals surface area contributed by atoms with Gasteiger partial charge in [0, 0.05) is 4.47 Å². The average molecular weight is 309 g/mol. The second kappa shape index (κ2) is 6.55. The Balaban J connectivity index is 1.73. The standard InChI is InChI=1S/C15H14BrFO/c16-13-5-9-15(10-6-13)18-11-1-2-12-3-7-14(17)8-4-12/h3-10H,1-2,11H2. The molecule has 0 N–H and O–H groups in total. The zero-order valence-electron chi connectivity index (χ0n) is 9.90. The Kier molecular flexibility index (Phi) is 4.76. The van der Waals surface area contributed by atoms with Crippen molar-refractivity contribution in [1.82, 2.24) is 0 Å². The van der Waals surface area contributed by atoms with E-state index >= 15 is 0 Å². The third-order valence-corrected chi connectivity index (χ3v) is 3.13. The molecule has 0 spiro atoms. The summed E-state index contributed by atoms with van der Waals surface area (Å²) in [7, 11) is 0. The second-order valence-corrected chi connectivity index (χ2v) is 4.95. The van der Waals surface area contributed by atoms with Crippen LogP contribution in [0.5, 0.6) is 5.75 Å². The molecule has 1 nitrogen and oxygen atoms in total. The minimum Gasteiger partial charge on any atom is -0.494 e. The molecule has 3 heteroatoms. The largest absolute Gasteiger partial charge is 0.494 e. The molecule has 2 rings (SSSR count). The highest BCUT2D eigenvalue weighted by Crippen LogP contribution is 2.16. The highest BCUT2D eigenvalue weighted by molar-refractivity contribution is 9.10. The fourth-order valence-electron chi connectivity index (χ4n) is 1.65. The first-order valence-electron chi connectivity index (χ1n) is 5.87. The lowest BCUT2D eigenvalue weighted by Gasteiger charge is -2.06.